The van der Waals surface area contributed by atoms with Crippen molar-refractivity contribution >= 4 is 26.0 Å². The molecule has 1 aliphatic rings. The van der Waals surface area contributed by atoms with Gasteiger partial charge in [0.2, 0.25) is 20.0 Å². The predicted molar refractivity (Wildman–Crippen MR) is 80.1 cm³/mol. The van der Waals surface area contributed by atoms with Gasteiger partial charge in [-0.1, -0.05) is 6.58 Å². The zero-order chi connectivity index (χ0) is 18.8. The predicted octanol–water partition coefficient (Wildman–Crippen LogP) is 0.515. The maximum atomic E-state index is 14.1. The quantitative estimate of drug-likeness (QED) is 0.382. The maximum Gasteiger partial charge on any atom is 0.335 e. The zero-order valence-electron chi connectivity index (χ0n) is 13.1. The molecule has 2 unspecified atom stereocenters. The summed E-state index contributed by atoms with van der Waals surface area (Å²) >= 11 is 0. The Balaban J connectivity index is 2.61. The molecule has 1 N–H and O–H groups in total. The van der Waals surface area contributed by atoms with Crippen molar-refractivity contribution < 1.29 is 39.9 Å². The Hall–Kier alpha value is -1.11. The van der Waals surface area contributed by atoms with Crippen molar-refractivity contribution in [2.45, 2.75) is 44.2 Å². The lowest BCUT2D eigenvalue weighted by Gasteiger charge is -2.30. The lowest BCUT2D eigenvalue weighted by molar-refractivity contribution is -0.173. The Labute approximate surface area is 139 Å². The third kappa shape index (κ3) is 5.76. The molecular weight excluding hydrogens is 372 g/mol. The van der Waals surface area contributed by atoms with E-state index in [0.717, 1.165) is 0 Å². The highest BCUT2D eigenvalue weighted by Gasteiger charge is 2.51. The minimum Gasteiger partial charge on any atom is -0.433 e. The summed E-state index contributed by atoms with van der Waals surface area (Å²) in [5, 5.41) is -2.18. The Kier molecular flexibility index (Phi) is 6.47. The van der Waals surface area contributed by atoms with Crippen molar-refractivity contribution in [3.8, 4) is 0 Å². The minimum absolute atomic E-state index is 0.108. The van der Waals surface area contributed by atoms with E-state index < -0.39 is 68.7 Å². The molecule has 0 bridgehead atoms. The first-order chi connectivity index (χ1) is 10.8. The van der Waals surface area contributed by atoms with Gasteiger partial charge in [0.1, 0.15) is 5.25 Å². The third-order valence-electron chi connectivity index (χ3n) is 3.15. The standard InChI is InChI=1S/C12H19F2NO7S2/c1-8(2)11(16)22-9(3)21-6-5-12(13,14)10-4-7-23(17,18)15-24(10,19)20/h9-10,15H,1,4-7H2,2-3H3. The molecular formula is C12H19F2NO7S2. The number of carbonyl (C=O) groups is 1. The Bertz CT molecular complexity index is 703. The van der Waals surface area contributed by atoms with Gasteiger partial charge in [0.25, 0.3) is 5.92 Å². The monoisotopic (exact) mass is 391 g/mol. The lowest BCUT2D eigenvalue weighted by atomic mass is 10.1. The SMILES string of the molecule is C=C(C)C(=O)OC(C)OCCC(F)(F)C1CCS(=O)(=O)NS1(=O)=O. The number of rotatable bonds is 7. The van der Waals surface area contributed by atoms with Crippen LogP contribution in [0.1, 0.15) is 26.7 Å². The van der Waals surface area contributed by atoms with Gasteiger partial charge in [0.15, 0.2) is 6.29 Å². The molecule has 1 rings (SSSR count). The second-order valence-electron chi connectivity index (χ2n) is 5.36. The van der Waals surface area contributed by atoms with Crippen LogP contribution in [0.5, 0.6) is 0 Å². The van der Waals surface area contributed by atoms with E-state index in [0.29, 0.717) is 0 Å². The summed E-state index contributed by atoms with van der Waals surface area (Å²) in [6, 6.07) is 0. The van der Waals surface area contributed by atoms with Crippen molar-refractivity contribution in [2.24, 2.45) is 0 Å². The van der Waals surface area contributed by atoms with Crippen LogP contribution in [0.2, 0.25) is 0 Å². The molecule has 0 amide bonds. The highest BCUT2D eigenvalue weighted by molar-refractivity contribution is 8.05. The van der Waals surface area contributed by atoms with Gasteiger partial charge < -0.3 is 9.47 Å². The van der Waals surface area contributed by atoms with Crippen molar-refractivity contribution in [3.63, 3.8) is 0 Å². The Morgan fingerprint density at radius 1 is 1.38 bits per heavy atom. The molecule has 2 atom stereocenters. The van der Waals surface area contributed by atoms with Gasteiger partial charge in [-0.05, 0) is 20.3 Å². The normalized spacial score (nSPS) is 24.1. The summed E-state index contributed by atoms with van der Waals surface area (Å²) < 4.78 is 84.8. The van der Waals surface area contributed by atoms with E-state index in [2.05, 4.69) is 6.58 Å². The molecule has 24 heavy (non-hydrogen) atoms. The molecule has 0 saturated carbocycles. The van der Waals surface area contributed by atoms with Crippen molar-refractivity contribution in [1.29, 1.82) is 0 Å². The molecule has 1 fully saturated rings. The molecule has 1 aliphatic heterocycles. The summed E-state index contributed by atoms with van der Waals surface area (Å²) in [5.74, 6) is -5.17. The number of sulfonamides is 2. The van der Waals surface area contributed by atoms with Crippen LogP contribution in [0, 0.1) is 0 Å². The van der Waals surface area contributed by atoms with Crippen LogP contribution in [0.15, 0.2) is 12.2 Å². The smallest absolute Gasteiger partial charge is 0.335 e. The highest BCUT2D eigenvalue weighted by atomic mass is 32.3. The molecule has 0 aliphatic carbocycles. The molecule has 12 heteroatoms. The molecule has 0 aromatic carbocycles. The molecule has 0 aromatic rings. The molecule has 1 saturated heterocycles. The van der Waals surface area contributed by atoms with Gasteiger partial charge in [0, 0.05) is 12.0 Å². The summed E-state index contributed by atoms with van der Waals surface area (Å²) in [4.78, 5) is 11.2. The zero-order valence-corrected chi connectivity index (χ0v) is 14.8. The van der Waals surface area contributed by atoms with Crippen LogP contribution in [0.25, 0.3) is 0 Å². The van der Waals surface area contributed by atoms with Crippen LogP contribution in [0.3, 0.4) is 0 Å². The highest BCUT2D eigenvalue weighted by Crippen LogP contribution is 2.33. The third-order valence-corrected chi connectivity index (χ3v) is 7.19. The number of carbonyl (C=O) groups excluding carboxylic acids is 1. The fraction of sp³-hybridized carbons (Fsp3) is 0.750. The van der Waals surface area contributed by atoms with E-state index >= 15 is 0 Å². The van der Waals surface area contributed by atoms with Crippen LogP contribution in [0.4, 0.5) is 8.78 Å². The number of nitrogens with one attached hydrogen (secondary N) is 1. The topological polar surface area (TPSA) is 116 Å². The number of ether oxygens (including phenoxy) is 2. The molecule has 140 valence electrons. The van der Waals surface area contributed by atoms with Crippen LogP contribution in [-0.4, -0.2) is 52.6 Å². The van der Waals surface area contributed by atoms with E-state index in [9.17, 15) is 30.4 Å². The number of hydrogen-bond donors (Lipinski definition) is 1. The van der Waals surface area contributed by atoms with Crippen molar-refractivity contribution in [1.82, 2.24) is 4.13 Å². The van der Waals surface area contributed by atoms with Gasteiger partial charge in [0.05, 0.1) is 12.4 Å². The van der Waals surface area contributed by atoms with Crippen LogP contribution < -0.4 is 4.13 Å². The summed E-state index contributed by atoms with van der Waals surface area (Å²) in [5.41, 5.74) is 0.108. The molecule has 0 aromatic heterocycles. The fourth-order valence-corrected chi connectivity index (χ4v) is 5.85. The van der Waals surface area contributed by atoms with Crippen LogP contribution >= 0.6 is 0 Å². The van der Waals surface area contributed by atoms with E-state index in [4.69, 9.17) is 9.47 Å². The van der Waals surface area contributed by atoms with Crippen LogP contribution in [-0.2, 0) is 34.3 Å². The molecule has 0 radical (unpaired) electrons. The molecule has 8 nitrogen and oxygen atoms in total. The summed E-state index contributed by atoms with van der Waals surface area (Å²) in [6.45, 7) is 5.47. The van der Waals surface area contributed by atoms with E-state index in [1.54, 1.807) is 0 Å². The largest absolute Gasteiger partial charge is 0.433 e. The van der Waals surface area contributed by atoms with E-state index in [1.807, 2.05) is 0 Å². The Morgan fingerprint density at radius 3 is 2.46 bits per heavy atom. The average Bonchev–Trinajstić information content (AvgIpc) is 2.34. The van der Waals surface area contributed by atoms with Gasteiger partial charge >= 0.3 is 5.97 Å². The van der Waals surface area contributed by atoms with Crippen molar-refractivity contribution in [2.75, 3.05) is 12.4 Å². The molecule has 1 heterocycles. The van der Waals surface area contributed by atoms with Gasteiger partial charge in [-0.25, -0.2) is 30.4 Å². The minimum atomic E-state index is -4.71. The average molecular weight is 391 g/mol. The second kappa shape index (κ2) is 7.42. The fourth-order valence-electron chi connectivity index (χ4n) is 1.94. The van der Waals surface area contributed by atoms with E-state index in [1.165, 1.54) is 18.0 Å². The van der Waals surface area contributed by atoms with Gasteiger partial charge in [-0.2, -0.15) is 0 Å². The first kappa shape index (κ1) is 20.9. The first-order valence-electron chi connectivity index (χ1n) is 6.88. The number of hydrogen-bond acceptors (Lipinski definition) is 7. The van der Waals surface area contributed by atoms with Gasteiger partial charge in [-0.15, -0.1) is 4.13 Å². The Morgan fingerprint density at radius 2 is 1.96 bits per heavy atom. The summed E-state index contributed by atoms with van der Waals surface area (Å²) in [6.07, 6.45) is -2.81. The first-order valence-corrected chi connectivity index (χ1v) is 10.1. The van der Waals surface area contributed by atoms with Crippen molar-refractivity contribution in [3.05, 3.63) is 12.2 Å². The second-order valence-corrected chi connectivity index (χ2v) is 9.32. The molecule has 0 spiro atoms. The lowest BCUT2D eigenvalue weighted by Crippen LogP contribution is -2.53. The van der Waals surface area contributed by atoms with Gasteiger partial charge in [-0.3, -0.25) is 0 Å². The number of alkyl halides is 2. The summed E-state index contributed by atoms with van der Waals surface area (Å²) in [7, 11) is -8.82. The number of halogens is 2. The van der Waals surface area contributed by atoms with E-state index in [-0.39, 0.29) is 5.57 Å². The maximum absolute atomic E-state index is 14.1. The number of esters is 1.